The molecule has 0 spiro atoms. The molecule has 4 rings (SSSR count). The second-order valence-corrected chi connectivity index (χ2v) is 7.99. The maximum Gasteiger partial charge on any atom is 0.263 e. The van der Waals surface area contributed by atoms with E-state index in [-0.39, 0.29) is 5.91 Å². The Labute approximate surface area is 190 Å². The molecular formula is C23H23N5O3S. The van der Waals surface area contributed by atoms with E-state index in [1.165, 1.54) is 20.5 Å². The van der Waals surface area contributed by atoms with E-state index < -0.39 is 0 Å². The van der Waals surface area contributed by atoms with Crippen LogP contribution in [-0.2, 0) is 6.42 Å². The fraction of sp³-hybridized carbons (Fsp3) is 0.217. The Balaban J connectivity index is 1.57. The van der Waals surface area contributed by atoms with Crippen LogP contribution in [0.15, 0.2) is 58.7 Å². The van der Waals surface area contributed by atoms with Gasteiger partial charge in [-0.25, -0.2) is 4.98 Å². The number of rotatable bonds is 7. The van der Waals surface area contributed by atoms with Crippen LogP contribution >= 0.6 is 11.8 Å². The minimum Gasteiger partial charge on any atom is -0.496 e. The Morgan fingerprint density at radius 2 is 1.78 bits per heavy atom. The SMILES string of the molecule is CCc1c(C)nc2ncnn2c1Sc1ccc(NC(=O)c2c(OC)cccc2OC)cc1. The van der Waals surface area contributed by atoms with Crippen LogP contribution in [0.4, 0.5) is 5.69 Å². The lowest BCUT2D eigenvalue weighted by Gasteiger charge is -2.14. The van der Waals surface area contributed by atoms with Crippen LogP contribution in [0.3, 0.4) is 0 Å². The van der Waals surface area contributed by atoms with Crippen LogP contribution in [0.25, 0.3) is 5.78 Å². The summed E-state index contributed by atoms with van der Waals surface area (Å²) in [6, 6.07) is 12.9. The van der Waals surface area contributed by atoms with E-state index in [9.17, 15) is 4.79 Å². The highest BCUT2D eigenvalue weighted by atomic mass is 32.2. The molecule has 1 N–H and O–H groups in total. The van der Waals surface area contributed by atoms with Gasteiger partial charge in [-0.05, 0) is 49.7 Å². The molecule has 1 amide bonds. The van der Waals surface area contributed by atoms with Crippen molar-refractivity contribution in [1.29, 1.82) is 0 Å². The number of anilines is 1. The molecule has 0 radical (unpaired) electrons. The Kier molecular flexibility index (Phi) is 6.27. The van der Waals surface area contributed by atoms with Crippen molar-refractivity contribution in [2.45, 2.75) is 30.2 Å². The standard InChI is InChI=1S/C23H23N5O3S/c1-5-17-14(2)26-23-24-13-25-28(23)22(17)32-16-11-9-15(10-12-16)27-21(29)20-18(30-3)7-6-8-19(20)31-4/h6-13H,5H2,1-4H3,(H,27,29). The summed E-state index contributed by atoms with van der Waals surface area (Å²) in [4.78, 5) is 22.6. The number of aryl methyl sites for hydroxylation is 1. The summed E-state index contributed by atoms with van der Waals surface area (Å²) in [5.74, 6) is 1.18. The molecule has 0 bridgehead atoms. The molecular weight excluding hydrogens is 426 g/mol. The van der Waals surface area contributed by atoms with Crippen molar-refractivity contribution in [3.63, 3.8) is 0 Å². The number of carbonyl (C=O) groups excluding carboxylic acids is 1. The van der Waals surface area contributed by atoms with E-state index in [0.717, 1.165) is 27.6 Å². The van der Waals surface area contributed by atoms with Gasteiger partial charge in [0.1, 0.15) is 28.4 Å². The van der Waals surface area contributed by atoms with Gasteiger partial charge in [-0.1, -0.05) is 24.8 Å². The van der Waals surface area contributed by atoms with E-state index in [4.69, 9.17) is 9.47 Å². The number of hydrogen-bond donors (Lipinski definition) is 1. The predicted octanol–water partition coefficient (Wildman–Crippen LogP) is 4.42. The summed E-state index contributed by atoms with van der Waals surface area (Å²) < 4.78 is 12.4. The van der Waals surface area contributed by atoms with Gasteiger partial charge in [0.25, 0.3) is 11.7 Å². The molecule has 0 unspecified atom stereocenters. The van der Waals surface area contributed by atoms with Gasteiger partial charge in [0, 0.05) is 21.8 Å². The second-order valence-electron chi connectivity index (χ2n) is 6.92. The zero-order valence-corrected chi connectivity index (χ0v) is 19.1. The van der Waals surface area contributed by atoms with Crippen molar-refractivity contribution in [1.82, 2.24) is 19.6 Å². The van der Waals surface area contributed by atoms with E-state index >= 15 is 0 Å². The first-order valence-corrected chi connectivity index (χ1v) is 10.9. The van der Waals surface area contributed by atoms with Gasteiger partial charge in [-0.15, -0.1) is 0 Å². The van der Waals surface area contributed by atoms with Crippen LogP contribution in [0.1, 0.15) is 28.5 Å². The molecule has 0 aliphatic rings. The molecule has 2 aromatic heterocycles. The summed E-state index contributed by atoms with van der Waals surface area (Å²) in [5, 5.41) is 8.23. The summed E-state index contributed by atoms with van der Waals surface area (Å²) in [6.07, 6.45) is 2.35. The lowest BCUT2D eigenvalue weighted by atomic mass is 10.1. The average molecular weight is 450 g/mol. The molecule has 164 valence electrons. The topological polar surface area (TPSA) is 90.6 Å². The Morgan fingerprint density at radius 3 is 2.41 bits per heavy atom. The number of carbonyl (C=O) groups is 1. The average Bonchev–Trinajstić information content (AvgIpc) is 3.28. The van der Waals surface area contributed by atoms with Crippen LogP contribution in [0.5, 0.6) is 11.5 Å². The van der Waals surface area contributed by atoms with Gasteiger partial charge in [-0.3, -0.25) is 4.79 Å². The highest BCUT2D eigenvalue weighted by Crippen LogP contribution is 2.33. The normalized spacial score (nSPS) is 10.9. The fourth-order valence-corrected chi connectivity index (χ4v) is 4.58. The summed E-state index contributed by atoms with van der Waals surface area (Å²) in [7, 11) is 3.05. The number of hydrogen-bond acceptors (Lipinski definition) is 7. The number of ether oxygens (including phenoxy) is 2. The first-order chi connectivity index (χ1) is 15.5. The van der Waals surface area contributed by atoms with Crippen molar-refractivity contribution in [2.24, 2.45) is 0 Å². The quantitative estimate of drug-likeness (QED) is 0.418. The van der Waals surface area contributed by atoms with Crippen molar-refractivity contribution < 1.29 is 14.3 Å². The van der Waals surface area contributed by atoms with Crippen LogP contribution in [0, 0.1) is 6.92 Å². The lowest BCUT2D eigenvalue weighted by molar-refractivity contribution is 0.102. The first-order valence-electron chi connectivity index (χ1n) is 10.0. The Morgan fingerprint density at radius 1 is 1.09 bits per heavy atom. The maximum atomic E-state index is 12.9. The molecule has 32 heavy (non-hydrogen) atoms. The van der Waals surface area contributed by atoms with Crippen molar-refractivity contribution in [3.05, 3.63) is 65.6 Å². The molecule has 8 nitrogen and oxygen atoms in total. The zero-order chi connectivity index (χ0) is 22.7. The van der Waals surface area contributed by atoms with Gasteiger partial charge >= 0.3 is 0 Å². The third kappa shape index (κ3) is 4.11. The summed E-state index contributed by atoms with van der Waals surface area (Å²) in [6.45, 7) is 4.09. The summed E-state index contributed by atoms with van der Waals surface area (Å²) >= 11 is 1.59. The molecule has 0 fully saturated rings. The van der Waals surface area contributed by atoms with Crippen molar-refractivity contribution in [3.8, 4) is 11.5 Å². The van der Waals surface area contributed by atoms with E-state index in [1.807, 2.05) is 31.2 Å². The number of nitrogens with one attached hydrogen (secondary N) is 1. The smallest absolute Gasteiger partial charge is 0.263 e. The lowest BCUT2D eigenvalue weighted by Crippen LogP contribution is -2.14. The monoisotopic (exact) mass is 449 g/mol. The number of amides is 1. The number of fused-ring (bicyclic) bond motifs is 1. The second kappa shape index (κ2) is 9.27. The molecule has 2 heterocycles. The first kappa shape index (κ1) is 21.6. The minimum atomic E-state index is -0.304. The van der Waals surface area contributed by atoms with Crippen molar-refractivity contribution in [2.75, 3.05) is 19.5 Å². The molecule has 0 saturated carbocycles. The predicted molar refractivity (Wildman–Crippen MR) is 123 cm³/mol. The third-order valence-electron chi connectivity index (χ3n) is 5.02. The Bertz CT molecular complexity index is 1250. The number of methoxy groups -OCH3 is 2. The molecule has 2 aromatic carbocycles. The fourth-order valence-electron chi connectivity index (χ4n) is 3.45. The van der Waals surface area contributed by atoms with Gasteiger partial charge in [0.15, 0.2) is 0 Å². The largest absolute Gasteiger partial charge is 0.496 e. The van der Waals surface area contributed by atoms with E-state index in [0.29, 0.717) is 28.5 Å². The van der Waals surface area contributed by atoms with Crippen LogP contribution in [0.2, 0.25) is 0 Å². The van der Waals surface area contributed by atoms with Crippen LogP contribution < -0.4 is 14.8 Å². The zero-order valence-electron chi connectivity index (χ0n) is 18.2. The number of aromatic nitrogens is 4. The van der Waals surface area contributed by atoms with Crippen LogP contribution in [-0.4, -0.2) is 39.7 Å². The third-order valence-corrected chi connectivity index (χ3v) is 6.14. The van der Waals surface area contributed by atoms with E-state index in [2.05, 4.69) is 27.3 Å². The molecule has 0 aliphatic heterocycles. The molecule has 0 saturated heterocycles. The maximum absolute atomic E-state index is 12.9. The molecule has 9 heteroatoms. The number of benzene rings is 2. The highest BCUT2D eigenvalue weighted by Gasteiger charge is 2.19. The minimum absolute atomic E-state index is 0.304. The van der Waals surface area contributed by atoms with Gasteiger partial charge in [-0.2, -0.15) is 14.6 Å². The molecule has 0 aliphatic carbocycles. The molecule has 0 atom stereocenters. The molecule has 4 aromatic rings. The highest BCUT2D eigenvalue weighted by molar-refractivity contribution is 7.99. The van der Waals surface area contributed by atoms with Gasteiger partial charge < -0.3 is 14.8 Å². The Hall–Kier alpha value is -3.59. The number of nitrogens with zero attached hydrogens (tertiary/aromatic N) is 4. The summed E-state index contributed by atoms with van der Waals surface area (Å²) in [5.41, 5.74) is 3.10. The van der Waals surface area contributed by atoms with Gasteiger partial charge in [0.2, 0.25) is 0 Å². The van der Waals surface area contributed by atoms with E-state index in [1.54, 1.807) is 34.5 Å². The van der Waals surface area contributed by atoms with Gasteiger partial charge in [0.05, 0.1) is 14.2 Å². The van der Waals surface area contributed by atoms with Crippen molar-refractivity contribution >= 4 is 29.1 Å².